The van der Waals surface area contributed by atoms with Gasteiger partial charge in [0.15, 0.2) is 0 Å². The van der Waals surface area contributed by atoms with Crippen LogP contribution >= 0.6 is 27.3 Å². The Morgan fingerprint density at radius 1 is 1.00 bits per heavy atom. The highest BCUT2D eigenvalue weighted by Gasteiger charge is 2.17. The fourth-order valence-corrected chi connectivity index (χ4v) is 4.67. The van der Waals surface area contributed by atoms with Gasteiger partial charge in [0, 0.05) is 15.7 Å². The average Bonchev–Trinajstić information content (AvgIpc) is 3.45. The molecular weight excluding hydrogens is 476 g/mol. The molecule has 5 rings (SSSR count). The molecule has 0 bridgehead atoms. The van der Waals surface area contributed by atoms with Crippen molar-refractivity contribution in [3.8, 4) is 16.4 Å². The fraction of sp³-hybridized carbons (Fsp3) is 0.0455. The first-order valence-electron chi connectivity index (χ1n) is 9.38. The van der Waals surface area contributed by atoms with E-state index >= 15 is 0 Å². The Balaban J connectivity index is 1.47. The van der Waals surface area contributed by atoms with Gasteiger partial charge in [0.25, 0.3) is 5.91 Å². The number of thiazole rings is 1. The van der Waals surface area contributed by atoms with Gasteiger partial charge in [-0.1, -0.05) is 24.3 Å². The molecule has 0 aliphatic rings. The second-order valence-electron chi connectivity index (χ2n) is 6.79. The Labute approximate surface area is 189 Å². The van der Waals surface area contributed by atoms with E-state index in [1.165, 1.54) is 12.7 Å². The van der Waals surface area contributed by atoms with Crippen molar-refractivity contribution in [3.63, 3.8) is 0 Å². The van der Waals surface area contributed by atoms with Gasteiger partial charge < -0.3 is 5.32 Å². The van der Waals surface area contributed by atoms with Crippen LogP contribution in [0.2, 0.25) is 0 Å². The van der Waals surface area contributed by atoms with E-state index in [-0.39, 0.29) is 11.6 Å². The number of fused-ring (bicyclic) bond motifs is 1. The molecule has 9 heteroatoms. The zero-order valence-electron chi connectivity index (χ0n) is 16.3. The fourth-order valence-electron chi connectivity index (χ4n) is 3.23. The Morgan fingerprint density at radius 3 is 2.61 bits per heavy atom. The Kier molecular flexibility index (Phi) is 5.05. The number of carbonyl (C=O) groups excluding carboxylic acids is 1. The van der Waals surface area contributed by atoms with E-state index < -0.39 is 0 Å². The van der Waals surface area contributed by atoms with E-state index in [1.807, 2.05) is 43.3 Å². The van der Waals surface area contributed by atoms with Gasteiger partial charge in [0.2, 0.25) is 0 Å². The van der Waals surface area contributed by atoms with Crippen molar-refractivity contribution in [2.45, 2.75) is 6.92 Å². The molecule has 1 amide bonds. The minimum Gasteiger partial charge on any atom is -0.320 e. The first-order valence-corrected chi connectivity index (χ1v) is 11.0. The number of hydrogen-bond donors (Lipinski definition) is 1. The number of anilines is 1. The number of carbonyl (C=O) groups is 1. The van der Waals surface area contributed by atoms with Gasteiger partial charge in [-0.3, -0.25) is 9.36 Å². The number of nitrogens with one attached hydrogen (secondary N) is 1. The third-order valence-corrected chi connectivity index (χ3v) is 6.55. The predicted octanol–water partition coefficient (Wildman–Crippen LogP) is 5.26. The number of halogens is 1. The molecule has 3 heterocycles. The Bertz CT molecular complexity index is 1380. The van der Waals surface area contributed by atoms with Gasteiger partial charge in [-0.05, 0) is 58.7 Å². The van der Waals surface area contributed by atoms with Crippen molar-refractivity contribution in [2.75, 3.05) is 5.32 Å². The van der Waals surface area contributed by atoms with Crippen molar-refractivity contribution >= 4 is 49.1 Å². The lowest BCUT2D eigenvalue weighted by Crippen LogP contribution is -2.16. The zero-order valence-corrected chi connectivity index (χ0v) is 18.7. The molecular formula is C22H15BrN6OS. The number of hydrogen-bond acceptors (Lipinski definition) is 6. The number of benzene rings is 2. The van der Waals surface area contributed by atoms with Gasteiger partial charge in [0.05, 0.1) is 10.2 Å². The van der Waals surface area contributed by atoms with Crippen LogP contribution in [0.3, 0.4) is 0 Å². The SMILES string of the molecule is Cc1c(NC(=O)c2nc(-n3cnnc3)ccc2Br)cccc1-c1nc2ccccc2s1. The van der Waals surface area contributed by atoms with E-state index in [0.29, 0.717) is 16.0 Å². The molecule has 0 aliphatic carbocycles. The monoisotopic (exact) mass is 490 g/mol. The molecule has 3 aromatic heterocycles. The second kappa shape index (κ2) is 8.01. The van der Waals surface area contributed by atoms with Crippen molar-refractivity contribution in [3.05, 3.63) is 83.0 Å². The van der Waals surface area contributed by atoms with Gasteiger partial charge >= 0.3 is 0 Å². The molecule has 0 aliphatic heterocycles. The molecule has 0 fully saturated rings. The largest absolute Gasteiger partial charge is 0.320 e. The maximum atomic E-state index is 13.0. The summed E-state index contributed by atoms with van der Waals surface area (Å²) < 4.78 is 3.37. The van der Waals surface area contributed by atoms with Crippen molar-refractivity contribution in [1.29, 1.82) is 0 Å². The molecule has 7 nitrogen and oxygen atoms in total. The molecule has 0 saturated carbocycles. The zero-order chi connectivity index (χ0) is 21.4. The summed E-state index contributed by atoms with van der Waals surface area (Å²) in [6.07, 6.45) is 3.06. The summed E-state index contributed by atoms with van der Waals surface area (Å²) in [6.45, 7) is 1.98. The summed E-state index contributed by atoms with van der Waals surface area (Å²) in [7, 11) is 0. The van der Waals surface area contributed by atoms with Crippen LogP contribution in [0.5, 0.6) is 0 Å². The summed E-state index contributed by atoms with van der Waals surface area (Å²) in [6, 6.07) is 17.4. The maximum Gasteiger partial charge on any atom is 0.275 e. The van der Waals surface area contributed by atoms with Gasteiger partial charge in [-0.2, -0.15) is 0 Å². The molecule has 5 aromatic rings. The first-order chi connectivity index (χ1) is 15.1. The van der Waals surface area contributed by atoms with Crippen molar-refractivity contribution < 1.29 is 4.79 Å². The number of rotatable bonds is 4. The van der Waals surface area contributed by atoms with Crippen LogP contribution in [0.25, 0.3) is 26.6 Å². The van der Waals surface area contributed by atoms with E-state index in [1.54, 1.807) is 28.0 Å². The van der Waals surface area contributed by atoms with Gasteiger partial charge in [0.1, 0.15) is 29.2 Å². The van der Waals surface area contributed by atoms with Crippen LogP contribution in [0.4, 0.5) is 5.69 Å². The van der Waals surface area contributed by atoms with Crippen LogP contribution in [0.15, 0.2) is 71.7 Å². The number of aromatic nitrogens is 5. The van der Waals surface area contributed by atoms with Crippen LogP contribution in [-0.2, 0) is 0 Å². The standard InChI is InChI=1S/C22H15BrN6OS/c1-13-14(22-27-17-6-2-3-8-18(17)31-22)5-4-7-16(13)26-21(30)20-15(23)9-10-19(28-20)29-11-24-25-12-29/h2-12H,1H3,(H,26,30). The number of nitrogens with zero attached hydrogens (tertiary/aromatic N) is 5. The summed E-state index contributed by atoms with van der Waals surface area (Å²) >= 11 is 5.06. The number of para-hydroxylation sites is 1. The highest BCUT2D eigenvalue weighted by molar-refractivity contribution is 9.10. The minimum absolute atomic E-state index is 0.274. The lowest BCUT2D eigenvalue weighted by Gasteiger charge is -2.12. The van der Waals surface area contributed by atoms with Crippen LogP contribution < -0.4 is 5.32 Å². The number of pyridine rings is 1. The molecule has 152 valence electrons. The molecule has 31 heavy (non-hydrogen) atoms. The molecule has 0 spiro atoms. The van der Waals surface area contributed by atoms with Crippen LogP contribution in [0.1, 0.15) is 16.1 Å². The van der Waals surface area contributed by atoms with Crippen LogP contribution in [0, 0.1) is 6.92 Å². The molecule has 0 unspecified atom stereocenters. The molecule has 0 radical (unpaired) electrons. The van der Waals surface area contributed by atoms with E-state index in [9.17, 15) is 4.79 Å². The highest BCUT2D eigenvalue weighted by Crippen LogP contribution is 2.34. The minimum atomic E-state index is -0.314. The highest BCUT2D eigenvalue weighted by atomic mass is 79.9. The van der Waals surface area contributed by atoms with E-state index in [4.69, 9.17) is 4.98 Å². The quantitative estimate of drug-likeness (QED) is 0.371. The van der Waals surface area contributed by atoms with Gasteiger partial charge in [-0.15, -0.1) is 21.5 Å². The topological polar surface area (TPSA) is 85.6 Å². The lowest BCUT2D eigenvalue weighted by molar-refractivity contribution is 0.102. The summed E-state index contributed by atoms with van der Waals surface area (Å²) in [5.41, 5.74) is 3.89. The predicted molar refractivity (Wildman–Crippen MR) is 125 cm³/mol. The van der Waals surface area contributed by atoms with E-state index in [0.717, 1.165) is 26.4 Å². The molecule has 1 N–H and O–H groups in total. The van der Waals surface area contributed by atoms with Gasteiger partial charge in [-0.25, -0.2) is 9.97 Å². The Morgan fingerprint density at radius 2 is 1.81 bits per heavy atom. The number of amides is 1. The third-order valence-electron chi connectivity index (χ3n) is 4.84. The summed E-state index contributed by atoms with van der Waals surface area (Å²) in [4.78, 5) is 22.3. The average molecular weight is 491 g/mol. The second-order valence-corrected chi connectivity index (χ2v) is 8.67. The lowest BCUT2D eigenvalue weighted by atomic mass is 10.1. The smallest absolute Gasteiger partial charge is 0.275 e. The molecule has 2 aromatic carbocycles. The first kappa shape index (κ1) is 19.5. The third kappa shape index (κ3) is 3.73. The normalized spacial score (nSPS) is 11.0. The van der Waals surface area contributed by atoms with Crippen LogP contribution in [-0.4, -0.2) is 30.6 Å². The summed E-state index contributed by atoms with van der Waals surface area (Å²) in [5.74, 6) is 0.240. The van der Waals surface area contributed by atoms with Crippen molar-refractivity contribution in [1.82, 2.24) is 24.7 Å². The Hall–Kier alpha value is -3.43. The molecule has 0 saturated heterocycles. The molecule has 0 atom stereocenters. The van der Waals surface area contributed by atoms with Crippen molar-refractivity contribution in [2.24, 2.45) is 0 Å². The van der Waals surface area contributed by atoms with E-state index in [2.05, 4.69) is 42.5 Å². The summed E-state index contributed by atoms with van der Waals surface area (Å²) in [5, 5.41) is 11.5. The maximum absolute atomic E-state index is 13.0.